The number of para-hydroxylation sites is 1. The molecule has 1 aromatic rings. The summed E-state index contributed by atoms with van der Waals surface area (Å²) in [5.74, 6) is 1.04. The fourth-order valence-electron chi connectivity index (χ4n) is 2.88. The summed E-state index contributed by atoms with van der Waals surface area (Å²) < 4.78 is 5.31. The molecule has 0 atom stereocenters. The molecule has 1 saturated carbocycles. The van der Waals surface area contributed by atoms with Gasteiger partial charge in [-0.15, -0.1) is 0 Å². The van der Waals surface area contributed by atoms with Crippen molar-refractivity contribution in [1.29, 1.82) is 0 Å². The van der Waals surface area contributed by atoms with Gasteiger partial charge in [0.1, 0.15) is 5.75 Å². The Labute approximate surface area is 137 Å². The minimum atomic E-state index is -0.296. The molecule has 0 aromatic heterocycles. The number of hydrogen-bond acceptors (Lipinski definition) is 3. The molecule has 2 N–H and O–H groups in total. The second-order valence-corrected chi connectivity index (χ2v) is 6.02. The molecule has 2 amide bonds. The van der Waals surface area contributed by atoms with E-state index in [-0.39, 0.29) is 25.0 Å². The third kappa shape index (κ3) is 7.17. The van der Waals surface area contributed by atoms with Crippen LogP contribution in [0.2, 0.25) is 0 Å². The molecule has 5 nitrogen and oxygen atoms in total. The summed E-state index contributed by atoms with van der Waals surface area (Å²) in [5.41, 5.74) is 0. The Bertz CT molecular complexity index is 484. The molecule has 0 saturated heterocycles. The minimum absolute atomic E-state index is 0.000408. The van der Waals surface area contributed by atoms with Crippen molar-refractivity contribution in [3.63, 3.8) is 0 Å². The molecule has 0 radical (unpaired) electrons. The first kappa shape index (κ1) is 17.3. The maximum absolute atomic E-state index is 11.7. The molecule has 5 heteroatoms. The molecule has 23 heavy (non-hydrogen) atoms. The Balaban J connectivity index is 1.49. The number of amides is 2. The number of rotatable bonds is 9. The van der Waals surface area contributed by atoms with Crippen molar-refractivity contribution in [3.8, 4) is 5.75 Å². The molecule has 1 aliphatic carbocycles. The summed E-state index contributed by atoms with van der Waals surface area (Å²) in [5, 5.41) is 5.40. The smallest absolute Gasteiger partial charge is 0.258 e. The maximum Gasteiger partial charge on any atom is 0.258 e. The van der Waals surface area contributed by atoms with Crippen molar-refractivity contribution in [2.45, 2.75) is 38.5 Å². The van der Waals surface area contributed by atoms with Crippen LogP contribution >= 0.6 is 0 Å². The predicted molar refractivity (Wildman–Crippen MR) is 89.1 cm³/mol. The normalized spacial score (nSPS) is 14.4. The number of ether oxygens (including phenoxy) is 1. The van der Waals surface area contributed by atoms with Crippen molar-refractivity contribution in [2.24, 2.45) is 5.92 Å². The number of benzene rings is 1. The topological polar surface area (TPSA) is 67.4 Å². The highest BCUT2D eigenvalue weighted by Gasteiger charge is 2.14. The Morgan fingerprint density at radius 3 is 2.52 bits per heavy atom. The molecule has 1 aromatic carbocycles. The second-order valence-electron chi connectivity index (χ2n) is 6.02. The Morgan fingerprint density at radius 1 is 1.04 bits per heavy atom. The van der Waals surface area contributed by atoms with E-state index in [9.17, 15) is 9.59 Å². The third-order valence-corrected chi connectivity index (χ3v) is 4.15. The zero-order valence-electron chi connectivity index (χ0n) is 13.6. The van der Waals surface area contributed by atoms with E-state index in [4.69, 9.17) is 4.74 Å². The highest BCUT2D eigenvalue weighted by molar-refractivity contribution is 5.85. The summed E-state index contributed by atoms with van der Waals surface area (Å²) in [7, 11) is 0. The van der Waals surface area contributed by atoms with Gasteiger partial charge in [-0.2, -0.15) is 0 Å². The molecule has 0 spiro atoms. The summed E-state index contributed by atoms with van der Waals surface area (Å²) >= 11 is 0. The Kier molecular flexibility index (Phi) is 7.43. The molecule has 0 bridgehead atoms. The van der Waals surface area contributed by atoms with Crippen molar-refractivity contribution in [1.82, 2.24) is 10.6 Å². The Hall–Kier alpha value is -2.04. The van der Waals surface area contributed by atoms with Crippen LogP contribution in [0.15, 0.2) is 30.3 Å². The van der Waals surface area contributed by atoms with Gasteiger partial charge in [-0.25, -0.2) is 0 Å². The van der Waals surface area contributed by atoms with Crippen LogP contribution in [-0.2, 0) is 9.59 Å². The van der Waals surface area contributed by atoms with Gasteiger partial charge in [0.05, 0.1) is 6.54 Å². The zero-order chi connectivity index (χ0) is 16.3. The summed E-state index contributed by atoms with van der Waals surface area (Å²) in [4.78, 5) is 23.3. The highest BCUT2D eigenvalue weighted by atomic mass is 16.5. The predicted octanol–water partition coefficient (Wildman–Crippen LogP) is 2.27. The second kappa shape index (κ2) is 9.87. The first-order chi connectivity index (χ1) is 11.2. The van der Waals surface area contributed by atoms with E-state index in [2.05, 4.69) is 10.6 Å². The van der Waals surface area contributed by atoms with Crippen LogP contribution in [0.4, 0.5) is 0 Å². The van der Waals surface area contributed by atoms with Gasteiger partial charge in [-0.3, -0.25) is 9.59 Å². The quantitative estimate of drug-likeness (QED) is 0.686. The molecule has 126 valence electrons. The first-order valence-electron chi connectivity index (χ1n) is 8.45. The van der Waals surface area contributed by atoms with E-state index in [1.165, 1.54) is 32.1 Å². The van der Waals surface area contributed by atoms with E-state index >= 15 is 0 Å². The number of hydrogen-bond donors (Lipinski definition) is 2. The third-order valence-electron chi connectivity index (χ3n) is 4.15. The van der Waals surface area contributed by atoms with Crippen molar-refractivity contribution in [3.05, 3.63) is 30.3 Å². The van der Waals surface area contributed by atoms with Gasteiger partial charge < -0.3 is 15.4 Å². The molecule has 0 aliphatic heterocycles. The average molecular weight is 318 g/mol. The van der Waals surface area contributed by atoms with Crippen LogP contribution in [0.1, 0.15) is 38.5 Å². The van der Waals surface area contributed by atoms with Gasteiger partial charge in [0.15, 0.2) is 6.61 Å². The zero-order valence-corrected chi connectivity index (χ0v) is 13.6. The lowest BCUT2D eigenvalue weighted by Gasteiger charge is -2.10. The fraction of sp³-hybridized carbons (Fsp3) is 0.556. The standard InChI is InChI=1S/C18H26N2O3/c21-17(19-12-6-9-15-7-4-5-8-15)13-20-18(22)14-23-16-10-2-1-3-11-16/h1-3,10-11,15H,4-9,12-14H2,(H,19,21)(H,20,22). The molecule has 2 rings (SSSR count). The van der Waals surface area contributed by atoms with E-state index in [1.54, 1.807) is 12.1 Å². The largest absolute Gasteiger partial charge is 0.484 e. The summed E-state index contributed by atoms with van der Waals surface area (Å²) in [6.07, 6.45) is 7.60. The van der Waals surface area contributed by atoms with Gasteiger partial charge in [-0.1, -0.05) is 43.9 Å². The molecular formula is C18H26N2O3. The van der Waals surface area contributed by atoms with Crippen LogP contribution in [0, 0.1) is 5.92 Å². The SMILES string of the molecule is O=C(CNC(=O)COc1ccccc1)NCCCC1CCCC1. The lowest BCUT2D eigenvalue weighted by molar-refractivity contribution is -0.127. The Morgan fingerprint density at radius 2 is 1.78 bits per heavy atom. The van der Waals surface area contributed by atoms with E-state index in [0.29, 0.717) is 12.3 Å². The lowest BCUT2D eigenvalue weighted by atomic mass is 10.0. The van der Waals surface area contributed by atoms with Gasteiger partial charge in [-0.05, 0) is 30.9 Å². The van der Waals surface area contributed by atoms with Crippen LogP contribution in [0.25, 0.3) is 0 Å². The van der Waals surface area contributed by atoms with Crippen LogP contribution in [0.5, 0.6) is 5.75 Å². The lowest BCUT2D eigenvalue weighted by Crippen LogP contribution is -2.39. The minimum Gasteiger partial charge on any atom is -0.484 e. The molecule has 0 heterocycles. The van der Waals surface area contributed by atoms with E-state index < -0.39 is 0 Å². The van der Waals surface area contributed by atoms with Gasteiger partial charge in [0.2, 0.25) is 5.91 Å². The average Bonchev–Trinajstić information content (AvgIpc) is 3.09. The molecular weight excluding hydrogens is 292 g/mol. The monoisotopic (exact) mass is 318 g/mol. The number of carbonyl (C=O) groups excluding carboxylic acids is 2. The van der Waals surface area contributed by atoms with Crippen LogP contribution in [-0.4, -0.2) is 31.5 Å². The molecule has 0 unspecified atom stereocenters. The maximum atomic E-state index is 11.7. The molecule has 1 fully saturated rings. The fourth-order valence-corrected chi connectivity index (χ4v) is 2.88. The summed E-state index contributed by atoms with van der Waals surface area (Å²) in [6, 6.07) is 9.12. The van der Waals surface area contributed by atoms with E-state index in [0.717, 1.165) is 12.3 Å². The molecule has 1 aliphatic rings. The van der Waals surface area contributed by atoms with Gasteiger partial charge in [0, 0.05) is 6.54 Å². The summed E-state index contributed by atoms with van der Waals surface area (Å²) in [6.45, 7) is 0.602. The van der Waals surface area contributed by atoms with Crippen LogP contribution in [0.3, 0.4) is 0 Å². The van der Waals surface area contributed by atoms with Crippen molar-refractivity contribution in [2.75, 3.05) is 19.7 Å². The highest BCUT2D eigenvalue weighted by Crippen LogP contribution is 2.28. The van der Waals surface area contributed by atoms with Crippen molar-refractivity contribution < 1.29 is 14.3 Å². The number of nitrogens with one attached hydrogen (secondary N) is 2. The van der Waals surface area contributed by atoms with Crippen LogP contribution < -0.4 is 15.4 Å². The van der Waals surface area contributed by atoms with Crippen molar-refractivity contribution >= 4 is 11.8 Å². The van der Waals surface area contributed by atoms with Gasteiger partial charge in [0.25, 0.3) is 5.91 Å². The van der Waals surface area contributed by atoms with E-state index in [1.807, 2.05) is 18.2 Å². The first-order valence-corrected chi connectivity index (χ1v) is 8.45. The van der Waals surface area contributed by atoms with Gasteiger partial charge >= 0.3 is 0 Å². The number of carbonyl (C=O) groups is 2.